The Balaban J connectivity index is 1.84. The van der Waals surface area contributed by atoms with E-state index in [4.69, 9.17) is 0 Å². The third kappa shape index (κ3) is 2.52. The number of nitrogens with one attached hydrogen (secondary N) is 2. The number of fused-ring (bicyclic) bond motifs is 4. The molecule has 3 heterocycles. The smallest absolute Gasteiger partial charge is 0.250 e. The van der Waals surface area contributed by atoms with Gasteiger partial charge in [-0.25, -0.2) is 4.39 Å². The number of carbonyl (C=O) groups excluding carboxylic acids is 3. The maximum absolute atomic E-state index is 14.1. The Labute approximate surface area is 163 Å². The summed E-state index contributed by atoms with van der Waals surface area (Å²) in [6, 6.07) is 3.79. The lowest BCUT2D eigenvalue weighted by molar-refractivity contribution is -0.142. The Morgan fingerprint density at radius 3 is 2.64 bits per heavy atom. The fourth-order valence-corrected chi connectivity index (χ4v) is 5.08. The van der Waals surface area contributed by atoms with E-state index in [2.05, 4.69) is 10.6 Å². The maximum atomic E-state index is 14.1. The van der Waals surface area contributed by atoms with E-state index in [1.807, 2.05) is 20.8 Å². The molecule has 1 aromatic rings. The highest BCUT2D eigenvalue weighted by Crippen LogP contribution is 2.53. The third-order valence-electron chi connectivity index (χ3n) is 6.23. The zero-order valence-corrected chi connectivity index (χ0v) is 16.4. The van der Waals surface area contributed by atoms with Crippen LogP contribution in [0.2, 0.25) is 0 Å². The normalized spacial score (nSPS) is 31.1. The molecule has 7 heteroatoms. The molecule has 3 aliphatic rings. The van der Waals surface area contributed by atoms with Crippen molar-refractivity contribution in [3.05, 3.63) is 29.6 Å². The van der Waals surface area contributed by atoms with Crippen molar-refractivity contribution in [3.63, 3.8) is 0 Å². The van der Waals surface area contributed by atoms with Gasteiger partial charge in [-0.1, -0.05) is 27.2 Å². The zero-order valence-electron chi connectivity index (χ0n) is 16.4. The number of hydrogen-bond donors (Lipinski definition) is 2. The zero-order chi connectivity index (χ0) is 20.2. The standard InChI is InChI=1S/C21H26FN3O3/c1-4-5-8-25-18(26)16-15(9-11(2)3)24-21(17(16)19(25)27)13-10-12(22)6-7-14(13)23-20(21)28/h6-7,10-11,15-17,24H,4-5,8-9H2,1-3H3,(H,23,28)/t15?,16-,17+,21?/m1/s1. The second kappa shape index (κ2) is 6.65. The van der Waals surface area contributed by atoms with Gasteiger partial charge in [-0.2, -0.15) is 0 Å². The van der Waals surface area contributed by atoms with Crippen LogP contribution in [0.1, 0.15) is 45.6 Å². The van der Waals surface area contributed by atoms with Crippen LogP contribution in [0.15, 0.2) is 18.2 Å². The minimum absolute atomic E-state index is 0.212. The molecule has 6 nitrogen and oxygen atoms in total. The topological polar surface area (TPSA) is 78.5 Å². The van der Waals surface area contributed by atoms with Gasteiger partial charge in [0.1, 0.15) is 11.4 Å². The summed E-state index contributed by atoms with van der Waals surface area (Å²) >= 11 is 0. The maximum Gasteiger partial charge on any atom is 0.250 e. The first-order chi connectivity index (χ1) is 13.3. The number of benzene rings is 1. The molecule has 150 valence electrons. The first kappa shape index (κ1) is 19.1. The van der Waals surface area contributed by atoms with Gasteiger partial charge < -0.3 is 5.32 Å². The molecule has 0 saturated carbocycles. The predicted molar refractivity (Wildman–Crippen MR) is 102 cm³/mol. The van der Waals surface area contributed by atoms with Crippen molar-refractivity contribution in [2.45, 2.75) is 51.6 Å². The summed E-state index contributed by atoms with van der Waals surface area (Å²) in [4.78, 5) is 41.0. The van der Waals surface area contributed by atoms with Crippen molar-refractivity contribution < 1.29 is 18.8 Å². The molecule has 0 bridgehead atoms. The Morgan fingerprint density at radius 2 is 1.96 bits per heavy atom. The van der Waals surface area contributed by atoms with Gasteiger partial charge in [-0.15, -0.1) is 0 Å². The summed E-state index contributed by atoms with van der Waals surface area (Å²) in [6.07, 6.45) is 2.24. The molecule has 1 spiro atoms. The summed E-state index contributed by atoms with van der Waals surface area (Å²) in [6.45, 7) is 6.45. The van der Waals surface area contributed by atoms with Gasteiger partial charge in [0.25, 0.3) is 0 Å². The van der Waals surface area contributed by atoms with Crippen molar-refractivity contribution in [2.75, 3.05) is 11.9 Å². The predicted octanol–water partition coefficient (Wildman–Crippen LogP) is 2.39. The quantitative estimate of drug-likeness (QED) is 0.761. The molecule has 0 radical (unpaired) electrons. The number of imide groups is 1. The van der Waals surface area contributed by atoms with Crippen molar-refractivity contribution in [1.82, 2.24) is 10.2 Å². The van der Waals surface area contributed by atoms with E-state index in [9.17, 15) is 18.8 Å². The molecule has 0 aliphatic carbocycles. The monoisotopic (exact) mass is 387 g/mol. The lowest BCUT2D eigenvalue weighted by atomic mass is 9.76. The van der Waals surface area contributed by atoms with Gasteiger partial charge >= 0.3 is 0 Å². The fraction of sp³-hybridized carbons (Fsp3) is 0.571. The van der Waals surface area contributed by atoms with E-state index in [1.165, 1.54) is 23.1 Å². The molecule has 28 heavy (non-hydrogen) atoms. The van der Waals surface area contributed by atoms with Crippen LogP contribution in [0, 0.1) is 23.6 Å². The molecule has 2 unspecified atom stereocenters. The van der Waals surface area contributed by atoms with Crippen LogP contribution in [0.3, 0.4) is 0 Å². The number of halogens is 1. The van der Waals surface area contributed by atoms with E-state index < -0.39 is 23.2 Å². The largest absolute Gasteiger partial charge is 0.324 e. The molecule has 1 aromatic carbocycles. The van der Waals surface area contributed by atoms with Crippen LogP contribution in [0.4, 0.5) is 10.1 Å². The number of rotatable bonds is 5. The number of hydrogen-bond acceptors (Lipinski definition) is 4. The molecular formula is C21H26FN3O3. The number of amides is 3. The molecule has 3 aliphatic heterocycles. The summed E-state index contributed by atoms with van der Waals surface area (Å²) in [5.41, 5.74) is -0.470. The Hall–Kier alpha value is -2.28. The van der Waals surface area contributed by atoms with E-state index in [1.54, 1.807) is 0 Å². The van der Waals surface area contributed by atoms with Gasteiger partial charge in [0.05, 0.1) is 11.8 Å². The first-order valence-corrected chi connectivity index (χ1v) is 10.1. The van der Waals surface area contributed by atoms with Crippen LogP contribution < -0.4 is 10.6 Å². The van der Waals surface area contributed by atoms with Crippen molar-refractivity contribution >= 4 is 23.4 Å². The highest BCUT2D eigenvalue weighted by atomic mass is 19.1. The SMILES string of the molecule is CCCCN1C(=O)[C@@H]2C(CC(C)C)NC3(C(=O)Nc4ccc(F)cc43)[C@@H]2C1=O. The number of anilines is 1. The lowest BCUT2D eigenvalue weighted by Crippen LogP contribution is -2.53. The summed E-state index contributed by atoms with van der Waals surface area (Å²) in [5, 5.41) is 6.11. The molecular weight excluding hydrogens is 361 g/mol. The number of likely N-dealkylation sites (tertiary alicyclic amines) is 1. The van der Waals surface area contributed by atoms with Gasteiger partial charge in [0, 0.05) is 23.8 Å². The molecule has 4 rings (SSSR count). The highest BCUT2D eigenvalue weighted by Gasteiger charge is 2.70. The fourth-order valence-electron chi connectivity index (χ4n) is 5.08. The van der Waals surface area contributed by atoms with Crippen molar-refractivity contribution in [2.24, 2.45) is 17.8 Å². The van der Waals surface area contributed by atoms with Crippen LogP contribution in [-0.2, 0) is 19.9 Å². The first-order valence-electron chi connectivity index (χ1n) is 10.1. The summed E-state index contributed by atoms with van der Waals surface area (Å²) < 4.78 is 14.1. The van der Waals surface area contributed by atoms with Crippen molar-refractivity contribution in [3.8, 4) is 0 Å². The van der Waals surface area contributed by atoms with Crippen LogP contribution >= 0.6 is 0 Å². The average molecular weight is 387 g/mol. The van der Waals surface area contributed by atoms with Gasteiger partial charge in [0.2, 0.25) is 17.7 Å². The average Bonchev–Trinajstić information content (AvgIpc) is 3.19. The van der Waals surface area contributed by atoms with E-state index in [0.717, 1.165) is 12.8 Å². The van der Waals surface area contributed by atoms with E-state index in [-0.39, 0.29) is 29.7 Å². The van der Waals surface area contributed by atoms with E-state index in [0.29, 0.717) is 24.2 Å². The highest BCUT2D eigenvalue weighted by molar-refractivity contribution is 6.15. The van der Waals surface area contributed by atoms with Gasteiger partial charge in [0.15, 0.2) is 0 Å². The van der Waals surface area contributed by atoms with Crippen LogP contribution in [-0.4, -0.2) is 35.2 Å². The van der Waals surface area contributed by atoms with Crippen LogP contribution in [0.5, 0.6) is 0 Å². The molecule has 2 N–H and O–H groups in total. The number of nitrogens with zero attached hydrogens (tertiary/aromatic N) is 1. The van der Waals surface area contributed by atoms with Crippen molar-refractivity contribution in [1.29, 1.82) is 0 Å². The second-order valence-electron chi connectivity index (χ2n) is 8.52. The number of unbranched alkanes of at least 4 members (excludes halogenated alkanes) is 1. The minimum atomic E-state index is -1.39. The Kier molecular flexibility index (Phi) is 4.53. The summed E-state index contributed by atoms with van der Waals surface area (Å²) in [7, 11) is 0. The van der Waals surface area contributed by atoms with Gasteiger partial charge in [-0.05, 0) is 37.0 Å². The Morgan fingerprint density at radius 1 is 1.21 bits per heavy atom. The van der Waals surface area contributed by atoms with Gasteiger partial charge in [-0.3, -0.25) is 24.6 Å². The Bertz CT molecular complexity index is 855. The lowest BCUT2D eigenvalue weighted by Gasteiger charge is -2.29. The molecule has 2 saturated heterocycles. The number of carbonyl (C=O) groups is 3. The molecule has 0 aromatic heterocycles. The minimum Gasteiger partial charge on any atom is -0.324 e. The molecule has 4 atom stereocenters. The molecule has 2 fully saturated rings. The molecule has 3 amide bonds. The third-order valence-corrected chi connectivity index (χ3v) is 6.23. The summed E-state index contributed by atoms with van der Waals surface area (Å²) in [5.74, 6) is -2.56. The van der Waals surface area contributed by atoms with E-state index >= 15 is 0 Å². The van der Waals surface area contributed by atoms with Crippen LogP contribution in [0.25, 0.3) is 0 Å². The second-order valence-corrected chi connectivity index (χ2v) is 8.52.